The van der Waals surface area contributed by atoms with Crippen LogP contribution >= 0.6 is 27.5 Å². The number of halogens is 3. The standard InChI is InChI=1S/C19H16BrClFNO3/c20-16-12-10-19(11-5-2-1-3-6-11,15-7-4-8-23(15)18(24)25)26-14(12)9-13(22)17(16)21/h1-3,5-6,9,15H,4,7-8,10H2,(H,24,25)/t15-,19-/m0/s1. The minimum absolute atomic E-state index is 0.0118. The molecule has 0 spiro atoms. The molecule has 136 valence electrons. The highest BCUT2D eigenvalue weighted by Gasteiger charge is 2.53. The number of benzene rings is 2. The van der Waals surface area contributed by atoms with E-state index in [9.17, 15) is 14.3 Å². The van der Waals surface area contributed by atoms with E-state index in [0.717, 1.165) is 17.5 Å². The van der Waals surface area contributed by atoms with Crippen LogP contribution in [0.1, 0.15) is 24.0 Å². The van der Waals surface area contributed by atoms with Gasteiger partial charge in [0.05, 0.1) is 11.1 Å². The summed E-state index contributed by atoms with van der Waals surface area (Å²) in [5.41, 5.74) is 0.730. The normalized spacial score (nSPS) is 24.4. The quantitative estimate of drug-likeness (QED) is 0.652. The van der Waals surface area contributed by atoms with Gasteiger partial charge in [0.25, 0.3) is 0 Å². The Balaban J connectivity index is 1.87. The number of carboxylic acid groups (broad SMARTS) is 1. The van der Waals surface area contributed by atoms with E-state index in [-0.39, 0.29) is 11.1 Å². The number of carbonyl (C=O) groups is 1. The van der Waals surface area contributed by atoms with Crippen molar-refractivity contribution in [2.45, 2.75) is 30.9 Å². The first-order valence-corrected chi connectivity index (χ1v) is 9.51. The minimum Gasteiger partial charge on any atom is -0.480 e. The largest absolute Gasteiger partial charge is 0.480 e. The number of amides is 1. The third-order valence-electron chi connectivity index (χ3n) is 5.25. The first-order chi connectivity index (χ1) is 12.4. The Hall–Kier alpha value is -1.79. The first kappa shape index (κ1) is 17.6. The van der Waals surface area contributed by atoms with E-state index in [1.54, 1.807) is 0 Å². The fourth-order valence-corrected chi connectivity index (χ4v) is 4.80. The average molecular weight is 441 g/mol. The third-order valence-corrected chi connectivity index (χ3v) is 6.73. The van der Waals surface area contributed by atoms with Crippen LogP contribution in [0.15, 0.2) is 40.9 Å². The second kappa shape index (κ2) is 6.43. The van der Waals surface area contributed by atoms with Crippen LogP contribution in [0.4, 0.5) is 9.18 Å². The Kier molecular flexibility index (Phi) is 4.35. The van der Waals surface area contributed by atoms with Gasteiger partial charge in [0, 0.05) is 29.1 Å². The van der Waals surface area contributed by atoms with Crippen molar-refractivity contribution in [1.82, 2.24) is 4.90 Å². The molecule has 0 radical (unpaired) electrons. The van der Waals surface area contributed by atoms with E-state index in [4.69, 9.17) is 16.3 Å². The van der Waals surface area contributed by atoms with Crippen LogP contribution in [0, 0.1) is 5.82 Å². The van der Waals surface area contributed by atoms with Crippen molar-refractivity contribution in [3.63, 3.8) is 0 Å². The third kappa shape index (κ3) is 2.58. The van der Waals surface area contributed by atoms with Gasteiger partial charge in [-0.25, -0.2) is 9.18 Å². The maximum atomic E-state index is 14.1. The molecule has 1 fully saturated rings. The topological polar surface area (TPSA) is 49.8 Å². The lowest BCUT2D eigenvalue weighted by atomic mass is 9.81. The molecule has 7 heteroatoms. The minimum atomic E-state index is -0.967. The van der Waals surface area contributed by atoms with Crippen molar-refractivity contribution in [3.8, 4) is 5.75 Å². The molecule has 0 unspecified atom stereocenters. The highest BCUT2D eigenvalue weighted by atomic mass is 79.9. The summed E-state index contributed by atoms with van der Waals surface area (Å²) in [6, 6.07) is 10.5. The molecule has 4 rings (SSSR count). The molecule has 2 atom stereocenters. The second-order valence-electron chi connectivity index (χ2n) is 6.63. The highest BCUT2D eigenvalue weighted by molar-refractivity contribution is 9.10. The second-order valence-corrected chi connectivity index (χ2v) is 7.80. The van der Waals surface area contributed by atoms with Gasteiger partial charge < -0.3 is 14.7 Å². The Morgan fingerprint density at radius 3 is 2.81 bits per heavy atom. The van der Waals surface area contributed by atoms with Gasteiger partial charge in [-0.2, -0.15) is 0 Å². The number of fused-ring (bicyclic) bond motifs is 1. The lowest BCUT2D eigenvalue weighted by Gasteiger charge is -2.39. The van der Waals surface area contributed by atoms with Crippen molar-refractivity contribution in [1.29, 1.82) is 0 Å². The van der Waals surface area contributed by atoms with Crippen molar-refractivity contribution in [3.05, 3.63) is 62.8 Å². The number of nitrogens with zero attached hydrogens (tertiary/aromatic N) is 1. The molecule has 2 aromatic rings. The Labute approximate surface area is 163 Å². The number of ether oxygens (including phenoxy) is 1. The molecular formula is C19H16BrClFNO3. The molecule has 2 aliphatic heterocycles. The van der Waals surface area contributed by atoms with Crippen LogP contribution in [0.5, 0.6) is 5.75 Å². The van der Waals surface area contributed by atoms with E-state index in [1.165, 1.54) is 11.0 Å². The molecule has 1 amide bonds. The molecule has 1 N–H and O–H groups in total. The number of likely N-dealkylation sites (tertiary alicyclic amines) is 1. The summed E-state index contributed by atoms with van der Waals surface area (Å²) in [6.45, 7) is 0.463. The van der Waals surface area contributed by atoms with Gasteiger partial charge in [0.2, 0.25) is 0 Å². The van der Waals surface area contributed by atoms with Crippen LogP contribution in [0.25, 0.3) is 0 Å². The lowest BCUT2D eigenvalue weighted by Crippen LogP contribution is -2.52. The predicted molar refractivity (Wildman–Crippen MR) is 99.3 cm³/mol. The van der Waals surface area contributed by atoms with Gasteiger partial charge in [-0.15, -0.1) is 0 Å². The average Bonchev–Trinajstić information content (AvgIpc) is 3.26. The summed E-state index contributed by atoms with van der Waals surface area (Å²) >= 11 is 9.43. The molecule has 0 aromatic heterocycles. The van der Waals surface area contributed by atoms with E-state index < -0.39 is 17.5 Å². The van der Waals surface area contributed by atoms with Gasteiger partial charge in [0.15, 0.2) is 5.60 Å². The summed E-state index contributed by atoms with van der Waals surface area (Å²) < 4.78 is 20.9. The zero-order valence-electron chi connectivity index (χ0n) is 13.7. The molecule has 0 saturated carbocycles. The van der Waals surface area contributed by atoms with Crippen molar-refractivity contribution in [2.24, 2.45) is 0 Å². The molecule has 0 bridgehead atoms. The van der Waals surface area contributed by atoms with E-state index in [0.29, 0.717) is 29.6 Å². The summed E-state index contributed by atoms with van der Waals surface area (Å²) in [5.74, 6) is -0.164. The Bertz CT molecular complexity index is 879. The molecule has 26 heavy (non-hydrogen) atoms. The molecule has 2 aliphatic rings. The van der Waals surface area contributed by atoms with Gasteiger partial charge in [-0.05, 0) is 34.3 Å². The lowest BCUT2D eigenvalue weighted by molar-refractivity contribution is 0.00691. The highest BCUT2D eigenvalue weighted by Crippen LogP contribution is 2.51. The smallest absolute Gasteiger partial charge is 0.407 e. The summed E-state index contributed by atoms with van der Waals surface area (Å²) in [7, 11) is 0. The number of hydrogen-bond donors (Lipinski definition) is 1. The Morgan fingerprint density at radius 2 is 2.12 bits per heavy atom. The molecule has 4 nitrogen and oxygen atoms in total. The molecule has 2 aromatic carbocycles. The number of rotatable bonds is 2. The first-order valence-electron chi connectivity index (χ1n) is 8.34. The summed E-state index contributed by atoms with van der Waals surface area (Å²) in [6.07, 6.45) is 0.900. The maximum absolute atomic E-state index is 14.1. The van der Waals surface area contributed by atoms with Crippen molar-refractivity contribution < 1.29 is 19.0 Å². The van der Waals surface area contributed by atoms with Crippen LogP contribution in [0.3, 0.4) is 0 Å². The fraction of sp³-hybridized carbons (Fsp3) is 0.316. The fourth-order valence-electron chi connectivity index (χ4n) is 4.10. The summed E-state index contributed by atoms with van der Waals surface area (Å²) in [5, 5.41) is 9.66. The molecule has 1 saturated heterocycles. The maximum Gasteiger partial charge on any atom is 0.407 e. The van der Waals surface area contributed by atoms with E-state index >= 15 is 0 Å². The van der Waals surface area contributed by atoms with Crippen LogP contribution in [-0.4, -0.2) is 28.7 Å². The zero-order chi connectivity index (χ0) is 18.5. The van der Waals surface area contributed by atoms with Gasteiger partial charge in [0.1, 0.15) is 11.6 Å². The number of hydrogen-bond acceptors (Lipinski definition) is 2. The molecule has 2 heterocycles. The predicted octanol–water partition coefficient (Wildman–Crippen LogP) is 5.21. The van der Waals surface area contributed by atoms with Crippen LogP contribution in [-0.2, 0) is 12.0 Å². The van der Waals surface area contributed by atoms with Crippen molar-refractivity contribution >= 4 is 33.6 Å². The van der Waals surface area contributed by atoms with Gasteiger partial charge in [-0.3, -0.25) is 0 Å². The summed E-state index contributed by atoms with van der Waals surface area (Å²) in [4.78, 5) is 13.2. The van der Waals surface area contributed by atoms with E-state index in [1.807, 2.05) is 30.3 Å². The monoisotopic (exact) mass is 439 g/mol. The Morgan fingerprint density at radius 1 is 1.38 bits per heavy atom. The van der Waals surface area contributed by atoms with E-state index in [2.05, 4.69) is 15.9 Å². The van der Waals surface area contributed by atoms with Crippen LogP contribution in [0.2, 0.25) is 5.02 Å². The SMILES string of the molecule is O=C(O)N1CCC[C@H]1[C@@]1(c2ccccc2)Cc2c(cc(F)c(Cl)c2Br)O1. The van der Waals surface area contributed by atoms with Crippen molar-refractivity contribution in [2.75, 3.05) is 6.54 Å². The molecular weight excluding hydrogens is 425 g/mol. The molecule has 0 aliphatic carbocycles. The zero-order valence-corrected chi connectivity index (χ0v) is 16.1. The van der Waals surface area contributed by atoms with Gasteiger partial charge >= 0.3 is 6.09 Å². The van der Waals surface area contributed by atoms with Crippen LogP contribution < -0.4 is 4.74 Å². The van der Waals surface area contributed by atoms with Gasteiger partial charge in [-0.1, -0.05) is 41.9 Å².